The fraction of sp³-hybridized carbons (Fsp3) is 0.500. The first-order valence-corrected chi connectivity index (χ1v) is 5.50. The van der Waals surface area contributed by atoms with Crippen molar-refractivity contribution < 1.29 is 10.2 Å². The van der Waals surface area contributed by atoms with Crippen LogP contribution >= 0.6 is 0 Å². The Bertz CT molecular complexity index is 332. The van der Waals surface area contributed by atoms with E-state index in [4.69, 9.17) is 5.11 Å². The van der Waals surface area contributed by atoms with Gasteiger partial charge in [-0.05, 0) is 30.5 Å². The summed E-state index contributed by atoms with van der Waals surface area (Å²) in [7, 11) is 0. The second-order valence-electron chi connectivity index (χ2n) is 4.19. The first-order chi connectivity index (χ1) is 7.25. The lowest BCUT2D eigenvalue weighted by Gasteiger charge is -2.11. The van der Waals surface area contributed by atoms with Gasteiger partial charge in [-0.25, -0.2) is 0 Å². The summed E-state index contributed by atoms with van der Waals surface area (Å²) in [5, 5.41) is 21.9. The van der Waals surface area contributed by atoms with Crippen LogP contribution in [0.5, 0.6) is 11.5 Å². The van der Waals surface area contributed by atoms with Crippen LogP contribution < -0.4 is 5.32 Å². The molecule has 0 heterocycles. The van der Waals surface area contributed by atoms with Gasteiger partial charge in [-0.15, -0.1) is 0 Å². The Kier molecular flexibility index (Phi) is 3.11. The fourth-order valence-electron chi connectivity index (χ4n) is 2.07. The Labute approximate surface area is 89.8 Å². The summed E-state index contributed by atoms with van der Waals surface area (Å²) in [6.45, 7) is 0.762. The lowest BCUT2D eigenvalue weighted by atomic mass is 10.2. The average Bonchev–Trinajstić information content (AvgIpc) is 2.73. The minimum Gasteiger partial charge on any atom is -0.504 e. The molecule has 0 aliphatic heterocycles. The SMILES string of the molecule is Oc1ccc(CNC2CCCC2)cc1O. The normalized spacial score (nSPS) is 17.1. The van der Waals surface area contributed by atoms with Gasteiger partial charge >= 0.3 is 0 Å². The van der Waals surface area contributed by atoms with E-state index in [1.165, 1.54) is 31.7 Å². The summed E-state index contributed by atoms with van der Waals surface area (Å²) < 4.78 is 0. The minimum atomic E-state index is -0.0559. The highest BCUT2D eigenvalue weighted by atomic mass is 16.3. The monoisotopic (exact) mass is 207 g/mol. The van der Waals surface area contributed by atoms with Crippen molar-refractivity contribution in [1.29, 1.82) is 0 Å². The van der Waals surface area contributed by atoms with E-state index in [-0.39, 0.29) is 11.5 Å². The number of nitrogens with one attached hydrogen (secondary N) is 1. The molecule has 0 spiro atoms. The van der Waals surface area contributed by atoms with Gasteiger partial charge in [0.2, 0.25) is 0 Å². The number of hydrogen-bond donors (Lipinski definition) is 3. The van der Waals surface area contributed by atoms with Crippen LogP contribution in [0.3, 0.4) is 0 Å². The van der Waals surface area contributed by atoms with Gasteiger partial charge < -0.3 is 15.5 Å². The van der Waals surface area contributed by atoms with Gasteiger partial charge in [0.1, 0.15) is 0 Å². The Morgan fingerprint density at radius 2 is 1.87 bits per heavy atom. The molecule has 0 saturated heterocycles. The highest BCUT2D eigenvalue weighted by Gasteiger charge is 2.13. The molecule has 1 aliphatic rings. The molecule has 15 heavy (non-hydrogen) atoms. The van der Waals surface area contributed by atoms with E-state index in [1.807, 2.05) is 6.07 Å². The molecule has 0 unspecified atom stereocenters. The molecule has 1 aromatic carbocycles. The summed E-state index contributed by atoms with van der Waals surface area (Å²) in [5.74, 6) is -0.0969. The summed E-state index contributed by atoms with van der Waals surface area (Å²) in [6.07, 6.45) is 5.14. The molecule has 0 aromatic heterocycles. The van der Waals surface area contributed by atoms with Crippen molar-refractivity contribution in [1.82, 2.24) is 5.32 Å². The van der Waals surface area contributed by atoms with Crippen LogP contribution in [-0.4, -0.2) is 16.3 Å². The predicted molar refractivity (Wildman–Crippen MR) is 58.9 cm³/mol. The Balaban J connectivity index is 1.90. The van der Waals surface area contributed by atoms with Crippen molar-refractivity contribution in [2.45, 2.75) is 38.3 Å². The largest absolute Gasteiger partial charge is 0.504 e. The van der Waals surface area contributed by atoms with Crippen molar-refractivity contribution in [3.05, 3.63) is 23.8 Å². The second-order valence-corrected chi connectivity index (χ2v) is 4.19. The summed E-state index contributed by atoms with van der Waals surface area (Å²) in [4.78, 5) is 0. The molecule has 3 nitrogen and oxygen atoms in total. The van der Waals surface area contributed by atoms with Gasteiger partial charge in [0.25, 0.3) is 0 Å². The number of phenolic OH excluding ortho intramolecular Hbond substituents is 2. The molecule has 0 atom stereocenters. The molecule has 82 valence electrons. The van der Waals surface area contributed by atoms with Gasteiger partial charge in [-0.1, -0.05) is 18.9 Å². The third-order valence-corrected chi connectivity index (χ3v) is 2.99. The quantitative estimate of drug-likeness (QED) is 0.665. The van der Waals surface area contributed by atoms with E-state index < -0.39 is 0 Å². The van der Waals surface area contributed by atoms with Crippen LogP contribution in [0.1, 0.15) is 31.2 Å². The smallest absolute Gasteiger partial charge is 0.157 e. The van der Waals surface area contributed by atoms with Crippen LogP contribution in [0.25, 0.3) is 0 Å². The average molecular weight is 207 g/mol. The minimum absolute atomic E-state index is 0.0410. The first kappa shape index (κ1) is 10.3. The van der Waals surface area contributed by atoms with E-state index in [0.717, 1.165) is 12.1 Å². The number of hydrogen-bond acceptors (Lipinski definition) is 3. The molecule has 1 fully saturated rings. The molecule has 0 amide bonds. The van der Waals surface area contributed by atoms with Gasteiger partial charge in [0, 0.05) is 12.6 Å². The molecule has 1 aliphatic carbocycles. The van der Waals surface area contributed by atoms with Crippen LogP contribution in [0.4, 0.5) is 0 Å². The topological polar surface area (TPSA) is 52.5 Å². The maximum atomic E-state index is 9.31. The van der Waals surface area contributed by atoms with Crippen LogP contribution in [0.15, 0.2) is 18.2 Å². The summed E-state index contributed by atoms with van der Waals surface area (Å²) in [5.41, 5.74) is 1.01. The first-order valence-electron chi connectivity index (χ1n) is 5.50. The molecule has 3 heteroatoms. The predicted octanol–water partition coefficient (Wildman–Crippen LogP) is 2.13. The lowest BCUT2D eigenvalue weighted by molar-refractivity contribution is 0.402. The van der Waals surface area contributed by atoms with Gasteiger partial charge in [0.15, 0.2) is 11.5 Å². The van der Waals surface area contributed by atoms with E-state index in [1.54, 1.807) is 6.07 Å². The van der Waals surface area contributed by atoms with Crippen molar-refractivity contribution in [2.24, 2.45) is 0 Å². The zero-order chi connectivity index (χ0) is 10.7. The lowest BCUT2D eigenvalue weighted by Crippen LogP contribution is -2.25. The molecule has 0 bridgehead atoms. The van der Waals surface area contributed by atoms with Crippen molar-refractivity contribution in [3.8, 4) is 11.5 Å². The summed E-state index contributed by atoms with van der Waals surface area (Å²) >= 11 is 0. The zero-order valence-electron chi connectivity index (χ0n) is 8.74. The maximum absolute atomic E-state index is 9.31. The molecule has 2 rings (SSSR count). The highest BCUT2D eigenvalue weighted by molar-refractivity contribution is 5.40. The van der Waals surface area contributed by atoms with E-state index in [0.29, 0.717) is 6.04 Å². The number of aromatic hydroxyl groups is 2. The Morgan fingerprint density at radius 1 is 1.13 bits per heavy atom. The molecule has 0 radical (unpaired) electrons. The van der Waals surface area contributed by atoms with Crippen LogP contribution in [0.2, 0.25) is 0 Å². The molecule has 1 aromatic rings. The number of rotatable bonds is 3. The molecular weight excluding hydrogens is 190 g/mol. The third-order valence-electron chi connectivity index (χ3n) is 2.99. The van der Waals surface area contributed by atoms with Crippen LogP contribution in [0, 0.1) is 0 Å². The molecule has 3 N–H and O–H groups in total. The van der Waals surface area contributed by atoms with Gasteiger partial charge in [-0.2, -0.15) is 0 Å². The highest BCUT2D eigenvalue weighted by Crippen LogP contribution is 2.25. The molecular formula is C12H17NO2. The maximum Gasteiger partial charge on any atom is 0.157 e. The standard InChI is InChI=1S/C12H17NO2/c14-11-6-5-9(7-12(11)15)8-13-10-3-1-2-4-10/h5-7,10,13-15H,1-4,8H2. The third kappa shape index (κ3) is 2.63. The van der Waals surface area contributed by atoms with Gasteiger partial charge in [0.05, 0.1) is 0 Å². The van der Waals surface area contributed by atoms with Crippen molar-refractivity contribution in [3.63, 3.8) is 0 Å². The second kappa shape index (κ2) is 4.53. The van der Waals surface area contributed by atoms with E-state index >= 15 is 0 Å². The van der Waals surface area contributed by atoms with E-state index in [9.17, 15) is 5.11 Å². The van der Waals surface area contributed by atoms with Crippen molar-refractivity contribution in [2.75, 3.05) is 0 Å². The molecule has 1 saturated carbocycles. The van der Waals surface area contributed by atoms with Gasteiger partial charge in [-0.3, -0.25) is 0 Å². The Morgan fingerprint density at radius 3 is 2.53 bits per heavy atom. The number of benzene rings is 1. The van der Waals surface area contributed by atoms with E-state index in [2.05, 4.69) is 5.32 Å². The Hall–Kier alpha value is -1.22. The van der Waals surface area contributed by atoms with Crippen molar-refractivity contribution >= 4 is 0 Å². The number of phenols is 2. The fourth-order valence-corrected chi connectivity index (χ4v) is 2.07. The summed E-state index contributed by atoms with van der Waals surface area (Å²) in [6, 6.07) is 5.59. The van der Waals surface area contributed by atoms with Crippen LogP contribution in [-0.2, 0) is 6.54 Å². The zero-order valence-corrected chi connectivity index (χ0v) is 8.74.